The third-order valence-corrected chi connectivity index (χ3v) is 5.58. The Bertz CT molecular complexity index is 1170. The molecule has 1 aromatic carbocycles. The Morgan fingerprint density at radius 2 is 2.06 bits per heavy atom. The molecule has 160 valence electrons. The monoisotopic (exact) mass is 420 g/mol. The third kappa shape index (κ3) is 3.55. The number of ether oxygens (including phenoxy) is 1. The number of anilines is 3. The largest absolute Gasteiger partial charge is 0.494 e. The standard InChI is InChI=1S/C21H24N8O2/c1-27-12-22-20(28(27)2)14-5-4-6-15(19(14)31-3)24-18-11-16(26-21(30)13-7-8-13)25-17-9-10-23-29(17)18/h4-6,9-13,20,24H,7-8H2,1-3H3,(H,25,26,30). The summed E-state index contributed by atoms with van der Waals surface area (Å²) < 4.78 is 7.46. The van der Waals surface area contributed by atoms with Gasteiger partial charge in [0.15, 0.2) is 5.65 Å². The Hall–Kier alpha value is -3.66. The molecule has 5 rings (SSSR count). The van der Waals surface area contributed by atoms with Crippen molar-refractivity contribution in [3.8, 4) is 5.75 Å². The van der Waals surface area contributed by atoms with Crippen molar-refractivity contribution in [3.05, 3.63) is 42.1 Å². The Morgan fingerprint density at radius 1 is 1.23 bits per heavy atom. The van der Waals surface area contributed by atoms with Gasteiger partial charge in [-0.25, -0.2) is 9.98 Å². The zero-order valence-corrected chi connectivity index (χ0v) is 17.6. The number of benzene rings is 1. The maximum absolute atomic E-state index is 12.2. The molecule has 31 heavy (non-hydrogen) atoms. The van der Waals surface area contributed by atoms with Crippen LogP contribution in [-0.2, 0) is 4.79 Å². The predicted molar refractivity (Wildman–Crippen MR) is 117 cm³/mol. The molecule has 1 unspecified atom stereocenters. The van der Waals surface area contributed by atoms with E-state index in [1.54, 1.807) is 36.3 Å². The number of carbonyl (C=O) groups is 1. The molecule has 1 atom stereocenters. The van der Waals surface area contributed by atoms with E-state index in [0.29, 0.717) is 23.0 Å². The van der Waals surface area contributed by atoms with Gasteiger partial charge in [0.2, 0.25) is 5.91 Å². The van der Waals surface area contributed by atoms with Crippen molar-refractivity contribution in [1.29, 1.82) is 0 Å². The van der Waals surface area contributed by atoms with Gasteiger partial charge >= 0.3 is 0 Å². The minimum absolute atomic E-state index is 0.00754. The SMILES string of the molecule is COc1c(Nc2cc(NC(=O)C3CC3)nc3ccnn23)cccc1C1N=CN(C)N1C. The number of carbonyl (C=O) groups excluding carboxylic acids is 1. The van der Waals surface area contributed by atoms with Crippen molar-refractivity contribution in [1.82, 2.24) is 24.6 Å². The van der Waals surface area contributed by atoms with E-state index in [9.17, 15) is 4.79 Å². The summed E-state index contributed by atoms with van der Waals surface area (Å²) in [4.78, 5) is 21.3. The molecule has 2 aromatic heterocycles. The van der Waals surface area contributed by atoms with Crippen molar-refractivity contribution in [2.45, 2.75) is 19.0 Å². The molecule has 1 amide bonds. The maximum Gasteiger partial charge on any atom is 0.228 e. The van der Waals surface area contributed by atoms with Crippen LogP contribution < -0.4 is 15.4 Å². The van der Waals surface area contributed by atoms with E-state index in [4.69, 9.17) is 4.74 Å². The van der Waals surface area contributed by atoms with Crippen LogP contribution in [0.3, 0.4) is 0 Å². The first kappa shape index (κ1) is 19.3. The van der Waals surface area contributed by atoms with E-state index >= 15 is 0 Å². The summed E-state index contributed by atoms with van der Waals surface area (Å²) in [5.41, 5.74) is 2.33. The second kappa shape index (κ2) is 7.55. The van der Waals surface area contributed by atoms with Crippen LogP contribution in [0.15, 0.2) is 41.5 Å². The number of amides is 1. The van der Waals surface area contributed by atoms with Gasteiger partial charge in [0.05, 0.1) is 19.0 Å². The molecule has 1 aliphatic carbocycles. The number of methoxy groups -OCH3 is 1. The van der Waals surface area contributed by atoms with Gasteiger partial charge in [-0.1, -0.05) is 12.1 Å². The number of rotatable bonds is 6. The van der Waals surface area contributed by atoms with Crippen LogP contribution in [0, 0.1) is 5.92 Å². The first-order valence-electron chi connectivity index (χ1n) is 10.1. The van der Waals surface area contributed by atoms with E-state index in [1.165, 1.54) is 0 Å². The first-order valence-corrected chi connectivity index (χ1v) is 10.1. The Kier molecular flexibility index (Phi) is 4.70. The molecule has 0 radical (unpaired) electrons. The van der Waals surface area contributed by atoms with E-state index in [-0.39, 0.29) is 18.0 Å². The van der Waals surface area contributed by atoms with Crippen LogP contribution in [0.1, 0.15) is 24.6 Å². The summed E-state index contributed by atoms with van der Waals surface area (Å²) in [6.07, 6.45) is 5.14. The van der Waals surface area contributed by atoms with E-state index < -0.39 is 0 Å². The molecule has 0 spiro atoms. The van der Waals surface area contributed by atoms with Gasteiger partial charge in [-0.15, -0.1) is 0 Å². The van der Waals surface area contributed by atoms with E-state index in [1.807, 2.05) is 42.3 Å². The lowest BCUT2D eigenvalue weighted by Crippen LogP contribution is -2.32. The van der Waals surface area contributed by atoms with E-state index in [0.717, 1.165) is 24.1 Å². The normalized spacial score (nSPS) is 18.5. The van der Waals surface area contributed by atoms with Crippen LogP contribution >= 0.6 is 0 Å². The number of fused-ring (bicyclic) bond motifs is 1. The summed E-state index contributed by atoms with van der Waals surface area (Å²) in [6.45, 7) is 0. The van der Waals surface area contributed by atoms with Crippen molar-refractivity contribution >= 4 is 35.2 Å². The summed E-state index contributed by atoms with van der Waals surface area (Å²) in [7, 11) is 5.56. The molecule has 3 aromatic rings. The van der Waals surface area contributed by atoms with Crippen molar-refractivity contribution in [2.24, 2.45) is 10.9 Å². The van der Waals surface area contributed by atoms with Crippen LogP contribution in [0.4, 0.5) is 17.3 Å². The highest BCUT2D eigenvalue weighted by molar-refractivity contribution is 5.93. The highest BCUT2D eigenvalue weighted by Gasteiger charge is 2.30. The quantitative estimate of drug-likeness (QED) is 0.632. The second-order valence-electron chi connectivity index (χ2n) is 7.73. The minimum atomic E-state index is -0.183. The third-order valence-electron chi connectivity index (χ3n) is 5.58. The highest BCUT2D eigenvalue weighted by Crippen LogP contribution is 2.39. The Labute approximate surface area is 179 Å². The molecule has 0 bridgehead atoms. The van der Waals surface area contributed by atoms with Gasteiger partial charge in [-0.3, -0.25) is 9.80 Å². The average Bonchev–Trinajstić information content (AvgIpc) is 3.42. The lowest BCUT2D eigenvalue weighted by Gasteiger charge is -2.26. The second-order valence-corrected chi connectivity index (χ2v) is 7.73. The molecule has 0 saturated heterocycles. The summed E-state index contributed by atoms with van der Waals surface area (Å²) in [5, 5.41) is 14.6. The smallest absolute Gasteiger partial charge is 0.228 e. The molecule has 1 aliphatic heterocycles. The number of hydrogen-bond donors (Lipinski definition) is 2. The lowest BCUT2D eigenvalue weighted by atomic mass is 10.1. The van der Waals surface area contributed by atoms with Crippen LogP contribution in [0.2, 0.25) is 0 Å². The number of nitrogens with one attached hydrogen (secondary N) is 2. The zero-order chi connectivity index (χ0) is 21.5. The maximum atomic E-state index is 12.2. The Balaban J connectivity index is 1.51. The van der Waals surface area contributed by atoms with Gasteiger partial charge in [0.1, 0.15) is 29.9 Å². The fraction of sp³-hybridized carbons (Fsp3) is 0.333. The summed E-state index contributed by atoms with van der Waals surface area (Å²) in [6, 6.07) is 9.46. The van der Waals surface area contributed by atoms with Crippen molar-refractivity contribution in [2.75, 3.05) is 31.8 Å². The fourth-order valence-corrected chi connectivity index (χ4v) is 3.65. The summed E-state index contributed by atoms with van der Waals surface area (Å²) >= 11 is 0. The highest BCUT2D eigenvalue weighted by atomic mass is 16.5. The number of hydrazine groups is 1. The van der Waals surface area contributed by atoms with Crippen LogP contribution in [0.5, 0.6) is 5.75 Å². The minimum Gasteiger partial charge on any atom is -0.494 e. The topological polar surface area (TPSA) is 99.4 Å². The summed E-state index contributed by atoms with van der Waals surface area (Å²) in [5.74, 6) is 1.94. The molecular weight excluding hydrogens is 396 g/mol. The van der Waals surface area contributed by atoms with Crippen molar-refractivity contribution in [3.63, 3.8) is 0 Å². The number of aromatic nitrogens is 3. The van der Waals surface area contributed by atoms with Gasteiger partial charge < -0.3 is 15.4 Å². The molecule has 10 nitrogen and oxygen atoms in total. The predicted octanol–water partition coefficient (Wildman–Crippen LogP) is 2.65. The van der Waals surface area contributed by atoms with Gasteiger partial charge in [-0.05, 0) is 18.9 Å². The number of aliphatic imine (C=N–C) groups is 1. The van der Waals surface area contributed by atoms with E-state index in [2.05, 4.69) is 25.7 Å². The molecule has 2 aliphatic rings. The molecule has 10 heteroatoms. The van der Waals surface area contributed by atoms with Crippen LogP contribution in [-0.4, -0.2) is 58.1 Å². The number of nitrogens with zero attached hydrogens (tertiary/aromatic N) is 6. The lowest BCUT2D eigenvalue weighted by molar-refractivity contribution is -0.117. The molecular formula is C21H24N8O2. The first-order chi connectivity index (χ1) is 15.0. The Morgan fingerprint density at radius 3 is 2.77 bits per heavy atom. The fourth-order valence-electron chi connectivity index (χ4n) is 3.65. The van der Waals surface area contributed by atoms with Gasteiger partial charge in [0.25, 0.3) is 0 Å². The van der Waals surface area contributed by atoms with Gasteiger partial charge in [-0.2, -0.15) is 14.6 Å². The zero-order valence-electron chi connectivity index (χ0n) is 17.6. The average molecular weight is 420 g/mol. The van der Waals surface area contributed by atoms with Crippen molar-refractivity contribution < 1.29 is 9.53 Å². The number of para-hydroxylation sites is 1. The molecule has 2 N–H and O–H groups in total. The van der Waals surface area contributed by atoms with Gasteiger partial charge in [0, 0.05) is 37.7 Å². The molecule has 3 heterocycles. The van der Waals surface area contributed by atoms with Crippen LogP contribution in [0.25, 0.3) is 5.65 Å². The number of hydrogen-bond acceptors (Lipinski definition) is 8. The molecule has 1 fully saturated rings. The molecule has 1 saturated carbocycles.